The monoisotopic (exact) mass is 284 g/mol. The van der Waals surface area contributed by atoms with E-state index < -0.39 is 0 Å². The Bertz CT molecular complexity index is 581. The van der Waals surface area contributed by atoms with Crippen LogP contribution < -0.4 is 10.6 Å². The molecule has 1 aromatic carbocycles. The van der Waals surface area contributed by atoms with Gasteiger partial charge >= 0.3 is 0 Å². The molecular formula is C17H24N4. The summed E-state index contributed by atoms with van der Waals surface area (Å²) in [6.07, 6.45) is 3.69. The molecule has 0 fully saturated rings. The molecule has 0 aliphatic carbocycles. The van der Waals surface area contributed by atoms with Crippen LogP contribution in [0.1, 0.15) is 30.0 Å². The maximum atomic E-state index is 4.34. The smallest absolute Gasteiger partial charge is 0.134 e. The van der Waals surface area contributed by atoms with Gasteiger partial charge in [-0.15, -0.1) is 0 Å². The molecule has 21 heavy (non-hydrogen) atoms. The number of hydrogen-bond acceptors (Lipinski definition) is 4. The van der Waals surface area contributed by atoms with Crippen LogP contribution in [0.5, 0.6) is 0 Å². The molecule has 4 nitrogen and oxygen atoms in total. The summed E-state index contributed by atoms with van der Waals surface area (Å²) >= 11 is 0. The van der Waals surface area contributed by atoms with Crippen LogP contribution in [-0.4, -0.2) is 23.1 Å². The SMILES string of the molecule is CCCNc1ncnc(NCCc2ccccc2C)c1C. The molecule has 0 unspecified atom stereocenters. The third-order valence-corrected chi connectivity index (χ3v) is 3.57. The first kappa shape index (κ1) is 15.3. The number of hydrogen-bond donors (Lipinski definition) is 2. The minimum Gasteiger partial charge on any atom is -0.370 e. The molecule has 0 saturated heterocycles. The van der Waals surface area contributed by atoms with Crippen molar-refractivity contribution in [2.75, 3.05) is 23.7 Å². The molecule has 112 valence electrons. The van der Waals surface area contributed by atoms with E-state index in [0.29, 0.717) is 0 Å². The normalized spacial score (nSPS) is 10.4. The summed E-state index contributed by atoms with van der Waals surface area (Å²) in [6.45, 7) is 8.15. The van der Waals surface area contributed by atoms with Crippen molar-refractivity contribution in [1.82, 2.24) is 9.97 Å². The van der Waals surface area contributed by atoms with Crippen LogP contribution >= 0.6 is 0 Å². The number of nitrogens with zero attached hydrogens (tertiary/aromatic N) is 2. The van der Waals surface area contributed by atoms with Crippen molar-refractivity contribution >= 4 is 11.6 Å². The summed E-state index contributed by atoms with van der Waals surface area (Å²) in [5.74, 6) is 1.84. The molecule has 4 heteroatoms. The Morgan fingerprint density at radius 3 is 2.29 bits per heavy atom. The van der Waals surface area contributed by atoms with E-state index in [0.717, 1.165) is 43.1 Å². The molecule has 1 aromatic heterocycles. The van der Waals surface area contributed by atoms with Gasteiger partial charge in [-0.05, 0) is 37.8 Å². The standard InChI is InChI=1S/C17H24N4/c1-4-10-18-16-14(3)17(21-12-20-16)19-11-9-15-8-6-5-7-13(15)2/h5-8,12H,4,9-11H2,1-3H3,(H2,18,19,20,21). The van der Waals surface area contributed by atoms with Crippen LogP contribution in [0, 0.1) is 13.8 Å². The summed E-state index contributed by atoms with van der Waals surface area (Å²) in [5.41, 5.74) is 3.79. The number of nitrogens with one attached hydrogen (secondary N) is 2. The number of benzene rings is 1. The highest BCUT2D eigenvalue weighted by Gasteiger charge is 2.06. The lowest BCUT2D eigenvalue weighted by Crippen LogP contribution is -2.11. The molecule has 0 bridgehead atoms. The maximum Gasteiger partial charge on any atom is 0.134 e. The van der Waals surface area contributed by atoms with Crippen molar-refractivity contribution in [3.05, 3.63) is 47.3 Å². The van der Waals surface area contributed by atoms with Crippen LogP contribution in [0.3, 0.4) is 0 Å². The van der Waals surface area contributed by atoms with E-state index in [1.165, 1.54) is 11.1 Å². The molecule has 0 aliphatic heterocycles. The molecule has 0 amide bonds. The Labute approximate surface area is 127 Å². The van der Waals surface area contributed by atoms with Gasteiger partial charge in [-0.2, -0.15) is 0 Å². The molecule has 2 aromatic rings. The fourth-order valence-electron chi connectivity index (χ4n) is 2.26. The second-order valence-electron chi connectivity index (χ2n) is 5.23. The van der Waals surface area contributed by atoms with E-state index in [4.69, 9.17) is 0 Å². The third kappa shape index (κ3) is 4.18. The summed E-state index contributed by atoms with van der Waals surface area (Å²) in [7, 11) is 0. The van der Waals surface area contributed by atoms with Gasteiger partial charge in [0.25, 0.3) is 0 Å². The molecule has 0 aliphatic rings. The van der Waals surface area contributed by atoms with Gasteiger partial charge in [-0.25, -0.2) is 9.97 Å². The lowest BCUT2D eigenvalue weighted by atomic mass is 10.1. The summed E-state index contributed by atoms with van der Waals surface area (Å²) in [5, 5.41) is 6.74. The number of rotatable bonds is 7. The zero-order chi connectivity index (χ0) is 15.1. The minimum absolute atomic E-state index is 0.871. The quantitative estimate of drug-likeness (QED) is 0.816. The van der Waals surface area contributed by atoms with Crippen molar-refractivity contribution < 1.29 is 0 Å². The van der Waals surface area contributed by atoms with Gasteiger partial charge in [0, 0.05) is 18.7 Å². The Balaban J connectivity index is 1.95. The van der Waals surface area contributed by atoms with Crippen LogP contribution in [0.25, 0.3) is 0 Å². The van der Waals surface area contributed by atoms with Gasteiger partial charge in [-0.3, -0.25) is 0 Å². The second kappa shape index (κ2) is 7.62. The maximum absolute atomic E-state index is 4.34. The number of aryl methyl sites for hydroxylation is 1. The van der Waals surface area contributed by atoms with Gasteiger partial charge in [-0.1, -0.05) is 31.2 Å². The predicted molar refractivity (Wildman–Crippen MR) is 88.9 cm³/mol. The summed E-state index contributed by atoms with van der Waals surface area (Å²) < 4.78 is 0. The highest BCUT2D eigenvalue weighted by atomic mass is 15.1. The Hall–Kier alpha value is -2.10. The van der Waals surface area contributed by atoms with E-state index in [1.807, 2.05) is 6.92 Å². The van der Waals surface area contributed by atoms with Gasteiger partial charge in [0.1, 0.15) is 18.0 Å². The lowest BCUT2D eigenvalue weighted by Gasteiger charge is -2.13. The van der Waals surface area contributed by atoms with Gasteiger partial charge in [0.2, 0.25) is 0 Å². The number of anilines is 2. The topological polar surface area (TPSA) is 49.8 Å². The molecule has 0 atom stereocenters. The minimum atomic E-state index is 0.871. The van der Waals surface area contributed by atoms with Crippen LogP contribution in [-0.2, 0) is 6.42 Å². The molecule has 0 spiro atoms. The summed E-state index contributed by atoms with van der Waals surface area (Å²) in [6, 6.07) is 8.49. The number of aromatic nitrogens is 2. The fraction of sp³-hybridized carbons (Fsp3) is 0.412. The average Bonchev–Trinajstić information content (AvgIpc) is 2.49. The predicted octanol–water partition coefficient (Wildman–Crippen LogP) is 3.57. The third-order valence-electron chi connectivity index (χ3n) is 3.57. The highest BCUT2D eigenvalue weighted by Crippen LogP contribution is 2.18. The first-order valence-electron chi connectivity index (χ1n) is 7.56. The molecule has 0 radical (unpaired) electrons. The molecule has 2 rings (SSSR count). The van der Waals surface area contributed by atoms with E-state index >= 15 is 0 Å². The molecule has 0 saturated carbocycles. The van der Waals surface area contributed by atoms with Crippen molar-refractivity contribution in [2.45, 2.75) is 33.6 Å². The lowest BCUT2D eigenvalue weighted by molar-refractivity contribution is 0.951. The first-order chi connectivity index (χ1) is 10.2. The van der Waals surface area contributed by atoms with Gasteiger partial charge < -0.3 is 10.6 Å². The highest BCUT2D eigenvalue weighted by molar-refractivity contribution is 5.56. The van der Waals surface area contributed by atoms with Gasteiger partial charge in [0.05, 0.1) is 0 Å². The Morgan fingerprint density at radius 1 is 0.952 bits per heavy atom. The van der Waals surface area contributed by atoms with Gasteiger partial charge in [0.15, 0.2) is 0 Å². The van der Waals surface area contributed by atoms with Crippen LogP contribution in [0.15, 0.2) is 30.6 Å². The van der Waals surface area contributed by atoms with Crippen molar-refractivity contribution in [3.63, 3.8) is 0 Å². The van der Waals surface area contributed by atoms with E-state index in [1.54, 1.807) is 6.33 Å². The van der Waals surface area contributed by atoms with E-state index in [9.17, 15) is 0 Å². The second-order valence-corrected chi connectivity index (χ2v) is 5.23. The first-order valence-corrected chi connectivity index (χ1v) is 7.56. The zero-order valence-corrected chi connectivity index (χ0v) is 13.1. The average molecular weight is 284 g/mol. The van der Waals surface area contributed by atoms with E-state index in [2.05, 4.69) is 58.7 Å². The van der Waals surface area contributed by atoms with Crippen molar-refractivity contribution in [2.24, 2.45) is 0 Å². The largest absolute Gasteiger partial charge is 0.370 e. The summed E-state index contributed by atoms with van der Waals surface area (Å²) in [4.78, 5) is 8.63. The van der Waals surface area contributed by atoms with E-state index in [-0.39, 0.29) is 0 Å². The van der Waals surface area contributed by atoms with Crippen molar-refractivity contribution in [1.29, 1.82) is 0 Å². The molecule has 1 heterocycles. The Morgan fingerprint density at radius 2 is 1.62 bits per heavy atom. The molecular weight excluding hydrogens is 260 g/mol. The van der Waals surface area contributed by atoms with Crippen molar-refractivity contribution in [3.8, 4) is 0 Å². The zero-order valence-electron chi connectivity index (χ0n) is 13.1. The molecule has 2 N–H and O–H groups in total. The van der Waals surface area contributed by atoms with Crippen LogP contribution in [0.4, 0.5) is 11.6 Å². The fourth-order valence-corrected chi connectivity index (χ4v) is 2.26. The van der Waals surface area contributed by atoms with Crippen LogP contribution in [0.2, 0.25) is 0 Å². The Kier molecular flexibility index (Phi) is 5.55.